The Bertz CT molecular complexity index is 495. The fourth-order valence-electron chi connectivity index (χ4n) is 3.43. The first-order valence-electron chi connectivity index (χ1n) is 9.41. The van der Waals surface area contributed by atoms with Gasteiger partial charge < -0.3 is 9.47 Å². The Balaban J connectivity index is 2.40. The molecule has 0 heterocycles. The summed E-state index contributed by atoms with van der Waals surface area (Å²) in [5.74, 6) is 0.127. The van der Waals surface area contributed by atoms with Crippen LogP contribution in [0.5, 0.6) is 0 Å². The summed E-state index contributed by atoms with van der Waals surface area (Å²) in [7, 11) is 1.65. The molecule has 0 aromatic heterocycles. The van der Waals surface area contributed by atoms with E-state index in [1.54, 1.807) is 7.11 Å². The fraction of sp³-hybridized carbons (Fsp3) is 0.667. The Labute approximate surface area is 146 Å². The van der Waals surface area contributed by atoms with Gasteiger partial charge in [0.25, 0.3) is 0 Å². The first-order valence-corrected chi connectivity index (χ1v) is 9.41. The first-order chi connectivity index (χ1) is 11.6. The minimum atomic E-state index is -0.210. The number of hydrogen-bond donors (Lipinski definition) is 0. The largest absolute Gasteiger partial charge is 0.462 e. The normalized spacial score (nSPS) is 18.0. The summed E-state index contributed by atoms with van der Waals surface area (Å²) in [6.45, 7) is 4.89. The van der Waals surface area contributed by atoms with Crippen molar-refractivity contribution < 1.29 is 14.3 Å². The highest BCUT2D eigenvalue weighted by Gasteiger charge is 2.24. The number of esters is 1. The summed E-state index contributed by atoms with van der Waals surface area (Å²) < 4.78 is 10.9. The van der Waals surface area contributed by atoms with E-state index in [-0.39, 0.29) is 5.97 Å². The summed E-state index contributed by atoms with van der Waals surface area (Å²) in [4.78, 5) is 12.7. The highest BCUT2D eigenvalue weighted by Crippen LogP contribution is 2.36. The smallest absolute Gasteiger partial charge is 0.337 e. The molecular weight excluding hydrogens is 300 g/mol. The molecule has 0 radical (unpaired) electrons. The van der Waals surface area contributed by atoms with Gasteiger partial charge in [0.05, 0.1) is 18.8 Å². The standard InChI is InChI=1S/C21H32O3/c1-16(2)14-24-21(22)19(15-23-3)20(17-10-6-4-7-11-17)18-12-8-5-9-13-18/h10,12,16H,4-9,11,13-15H2,1-3H3. The second-order valence-corrected chi connectivity index (χ2v) is 7.23. The molecular formula is C21H32O3. The Hall–Kier alpha value is -1.35. The molecule has 0 atom stereocenters. The number of ether oxygens (including phenoxy) is 2. The maximum Gasteiger partial charge on any atom is 0.337 e. The Morgan fingerprint density at radius 3 is 2.04 bits per heavy atom. The van der Waals surface area contributed by atoms with Gasteiger partial charge in [-0.2, -0.15) is 0 Å². The molecule has 0 unspecified atom stereocenters. The van der Waals surface area contributed by atoms with Crippen LogP contribution in [-0.4, -0.2) is 26.3 Å². The molecule has 0 spiro atoms. The molecule has 2 aliphatic carbocycles. The van der Waals surface area contributed by atoms with Crippen LogP contribution in [0.25, 0.3) is 0 Å². The van der Waals surface area contributed by atoms with Crippen molar-refractivity contribution in [3.8, 4) is 0 Å². The number of carbonyl (C=O) groups excluding carboxylic acids is 1. The van der Waals surface area contributed by atoms with Crippen molar-refractivity contribution in [2.24, 2.45) is 5.92 Å². The topological polar surface area (TPSA) is 35.5 Å². The van der Waals surface area contributed by atoms with Crippen molar-refractivity contribution in [2.45, 2.75) is 65.2 Å². The third kappa shape index (κ3) is 5.34. The van der Waals surface area contributed by atoms with Crippen LogP contribution in [0.4, 0.5) is 0 Å². The molecule has 3 nitrogen and oxygen atoms in total. The molecule has 0 aliphatic heterocycles. The number of carbonyl (C=O) groups is 1. The monoisotopic (exact) mass is 332 g/mol. The minimum Gasteiger partial charge on any atom is -0.462 e. The van der Waals surface area contributed by atoms with Crippen molar-refractivity contribution in [3.05, 3.63) is 34.4 Å². The van der Waals surface area contributed by atoms with E-state index in [0.29, 0.717) is 24.7 Å². The van der Waals surface area contributed by atoms with Crippen LogP contribution in [0.15, 0.2) is 34.4 Å². The molecule has 0 saturated carbocycles. The Kier molecular flexibility index (Phi) is 7.77. The summed E-state index contributed by atoms with van der Waals surface area (Å²) in [6.07, 6.45) is 13.8. The third-order valence-electron chi connectivity index (χ3n) is 4.61. The number of allylic oxidation sites excluding steroid dienone is 5. The predicted molar refractivity (Wildman–Crippen MR) is 97.8 cm³/mol. The van der Waals surface area contributed by atoms with E-state index >= 15 is 0 Å². The molecule has 0 amide bonds. The van der Waals surface area contributed by atoms with Crippen molar-refractivity contribution >= 4 is 5.97 Å². The summed E-state index contributed by atoms with van der Waals surface area (Å²) in [6, 6.07) is 0. The number of hydrogen-bond acceptors (Lipinski definition) is 3. The van der Waals surface area contributed by atoms with E-state index in [0.717, 1.165) is 31.3 Å². The number of methoxy groups -OCH3 is 1. The van der Waals surface area contributed by atoms with Crippen molar-refractivity contribution in [3.63, 3.8) is 0 Å². The molecule has 3 heteroatoms. The number of rotatable bonds is 7. The molecule has 24 heavy (non-hydrogen) atoms. The highest BCUT2D eigenvalue weighted by atomic mass is 16.5. The highest BCUT2D eigenvalue weighted by molar-refractivity contribution is 5.92. The second kappa shape index (κ2) is 9.83. The average Bonchev–Trinajstić information content (AvgIpc) is 2.61. The molecule has 0 aromatic rings. The lowest BCUT2D eigenvalue weighted by molar-refractivity contribution is -0.140. The fourth-order valence-corrected chi connectivity index (χ4v) is 3.43. The lowest BCUT2D eigenvalue weighted by Gasteiger charge is -2.24. The van der Waals surface area contributed by atoms with Crippen LogP contribution in [0, 0.1) is 5.92 Å². The van der Waals surface area contributed by atoms with Crippen LogP contribution in [0.3, 0.4) is 0 Å². The maximum atomic E-state index is 12.7. The molecule has 0 saturated heterocycles. The SMILES string of the molecule is COCC(C(=O)OCC(C)C)=C(C1=CCCCC1)C1=CCCCC1. The van der Waals surface area contributed by atoms with Gasteiger partial charge in [-0.25, -0.2) is 4.79 Å². The van der Waals surface area contributed by atoms with Crippen LogP contribution in [0.2, 0.25) is 0 Å². The van der Waals surface area contributed by atoms with E-state index in [2.05, 4.69) is 26.0 Å². The summed E-state index contributed by atoms with van der Waals surface area (Å²) in [5.41, 5.74) is 4.48. The zero-order valence-electron chi connectivity index (χ0n) is 15.5. The van der Waals surface area contributed by atoms with Crippen molar-refractivity contribution in [2.75, 3.05) is 20.3 Å². The molecule has 0 N–H and O–H groups in total. The zero-order valence-corrected chi connectivity index (χ0v) is 15.5. The van der Waals surface area contributed by atoms with E-state index in [9.17, 15) is 4.79 Å². The van der Waals surface area contributed by atoms with E-state index in [1.807, 2.05) is 0 Å². The molecule has 2 rings (SSSR count). The van der Waals surface area contributed by atoms with Gasteiger partial charge >= 0.3 is 5.97 Å². The molecule has 0 aromatic carbocycles. The van der Waals surface area contributed by atoms with Crippen LogP contribution >= 0.6 is 0 Å². The van der Waals surface area contributed by atoms with Gasteiger partial charge in [0.1, 0.15) is 0 Å². The lowest BCUT2D eigenvalue weighted by Crippen LogP contribution is -2.19. The van der Waals surface area contributed by atoms with Gasteiger partial charge in [0, 0.05) is 7.11 Å². The molecule has 0 fully saturated rings. The van der Waals surface area contributed by atoms with Gasteiger partial charge in [-0.1, -0.05) is 26.0 Å². The van der Waals surface area contributed by atoms with Gasteiger partial charge in [-0.05, 0) is 74.0 Å². The van der Waals surface area contributed by atoms with Crippen molar-refractivity contribution in [1.82, 2.24) is 0 Å². The molecule has 134 valence electrons. The van der Waals surface area contributed by atoms with Gasteiger partial charge in [0.2, 0.25) is 0 Å². The predicted octanol–water partition coefficient (Wildman–Crippen LogP) is 5.13. The third-order valence-corrected chi connectivity index (χ3v) is 4.61. The second-order valence-electron chi connectivity index (χ2n) is 7.23. The van der Waals surface area contributed by atoms with Crippen molar-refractivity contribution in [1.29, 1.82) is 0 Å². The molecule has 2 aliphatic rings. The van der Waals surface area contributed by atoms with Gasteiger partial charge in [-0.3, -0.25) is 0 Å². The maximum absolute atomic E-state index is 12.7. The van der Waals surface area contributed by atoms with Crippen LogP contribution in [-0.2, 0) is 14.3 Å². The Morgan fingerprint density at radius 2 is 1.62 bits per heavy atom. The Morgan fingerprint density at radius 1 is 1.04 bits per heavy atom. The quantitative estimate of drug-likeness (QED) is 0.479. The van der Waals surface area contributed by atoms with Crippen LogP contribution < -0.4 is 0 Å². The first kappa shape index (κ1) is 19.0. The molecule has 0 bridgehead atoms. The minimum absolute atomic E-state index is 0.210. The average molecular weight is 332 g/mol. The van der Waals surface area contributed by atoms with Gasteiger partial charge in [-0.15, -0.1) is 0 Å². The van der Waals surface area contributed by atoms with E-state index in [1.165, 1.54) is 36.8 Å². The van der Waals surface area contributed by atoms with E-state index in [4.69, 9.17) is 9.47 Å². The van der Waals surface area contributed by atoms with Crippen LogP contribution in [0.1, 0.15) is 65.2 Å². The van der Waals surface area contributed by atoms with Gasteiger partial charge in [0.15, 0.2) is 0 Å². The summed E-state index contributed by atoms with van der Waals surface area (Å²) in [5, 5.41) is 0. The van der Waals surface area contributed by atoms with E-state index < -0.39 is 0 Å². The zero-order chi connectivity index (χ0) is 17.4. The summed E-state index contributed by atoms with van der Waals surface area (Å²) >= 11 is 0. The lowest BCUT2D eigenvalue weighted by atomic mass is 9.82.